The van der Waals surface area contributed by atoms with Gasteiger partial charge in [-0.2, -0.15) is 4.98 Å². The Hall–Kier alpha value is -1.52. The Balaban J connectivity index is 2.11. The lowest BCUT2D eigenvalue weighted by atomic mass is 10.2. The zero-order chi connectivity index (χ0) is 14.5. The summed E-state index contributed by atoms with van der Waals surface area (Å²) in [7, 11) is 0. The van der Waals surface area contributed by atoms with E-state index in [0.717, 1.165) is 18.1 Å². The molecule has 0 amide bonds. The van der Waals surface area contributed by atoms with Crippen molar-refractivity contribution in [2.45, 2.75) is 13.8 Å². The van der Waals surface area contributed by atoms with Gasteiger partial charge >= 0.3 is 0 Å². The molecule has 0 aliphatic carbocycles. The fourth-order valence-corrected chi connectivity index (χ4v) is 2.11. The zero-order valence-electron chi connectivity index (χ0n) is 11.3. The van der Waals surface area contributed by atoms with Gasteiger partial charge in [0.05, 0.1) is 0 Å². The minimum absolute atomic E-state index is 0.497. The van der Waals surface area contributed by atoms with Crippen molar-refractivity contribution in [2.75, 3.05) is 17.2 Å². The number of anilines is 3. The third-order valence-corrected chi connectivity index (χ3v) is 2.90. The minimum Gasteiger partial charge on any atom is -0.370 e. The number of hydrogen-bond acceptors (Lipinski definition) is 4. The number of rotatable bonds is 5. The predicted molar refractivity (Wildman–Crippen MR) is 85.1 cm³/mol. The van der Waals surface area contributed by atoms with Crippen LogP contribution in [-0.2, 0) is 0 Å². The quantitative estimate of drug-likeness (QED) is 0.847. The van der Waals surface area contributed by atoms with Gasteiger partial charge in [0.2, 0.25) is 5.95 Å². The van der Waals surface area contributed by atoms with Crippen LogP contribution in [0.5, 0.6) is 0 Å². The Bertz CT molecular complexity index is 567. The second-order valence-corrected chi connectivity index (χ2v) is 5.70. The average molecular weight is 311 g/mol. The Morgan fingerprint density at radius 2 is 1.85 bits per heavy atom. The lowest BCUT2D eigenvalue weighted by Gasteiger charge is -2.10. The van der Waals surface area contributed by atoms with Crippen molar-refractivity contribution in [1.82, 2.24) is 9.97 Å². The first-order valence-corrected chi connectivity index (χ1v) is 7.08. The van der Waals surface area contributed by atoms with Gasteiger partial charge in [0.15, 0.2) is 0 Å². The molecule has 0 aliphatic rings. The maximum Gasteiger partial charge on any atom is 0.229 e. The van der Waals surface area contributed by atoms with Crippen LogP contribution in [0, 0.1) is 5.92 Å². The Morgan fingerprint density at radius 3 is 2.50 bits per heavy atom. The average Bonchev–Trinajstić information content (AvgIpc) is 2.35. The molecule has 0 fully saturated rings. The van der Waals surface area contributed by atoms with E-state index in [1.165, 1.54) is 0 Å². The largest absolute Gasteiger partial charge is 0.370 e. The van der Waals surface area contributed by atoms with Gasteiger partial charge in [-0.1, -0.05) is 37.0 Å². The van der Waals surface area contributed by atoms with Crippen LogP contribution in [0.1, 0.15) is 13.8 Å². The highest BCUT2D eigenvalue weighted by atomic mass is 35.5. The highest BCUT2D eigenvalue weighted by Crippen LogP contribution is 2.24. The molecular weight excluding hydrogens is 295 g/mol. The molecule has 1 heterocycles. The van der Waals surface area contributed by atoms with Crippen LogP contribution in [0.3, 0.4) is 0 Å². The first-order chi connectivity index (χ1) is 9.52. The molecule has 2 N–H and O–H groups in total. The standard InChI is InChI=1S/C14H16Cl2N4/c1-9(2)8-18-13-3-4-17-14(20-13)19-12-6-10(15)5-11(16)7-12/h3-7,9H,8H2,1-2H3,(H2,17,18,19,20). The highest BCUT2D eigenvalue weighted by Gasteiger charge is 2.03. The maximum atomic E-state index is 5.95. The third-order valence-electron chi connectivity index (χ3n) is 2.47. The van der Waals surface area contributed by atoms with Gasteiger partial charge in [0, 0.05) is 28.5 Å². The number of nitrogens with one attached hydrogen (secondary N) is 2. The topological polar surface area (TPSA) is 49.8 Å². The summed E-state index contributed by atoms with van der Waals surface area (Å²) in [5, 5.41) is 7.46. The summed E-state index contributed by atoms with van der Waals surface area (Å²) in [6.07, 6.45) is 1.70. The highest BCUT2D eigenvalue weighted by molar-refractivity contribution is 6.35. The number of nitrogens with zero attached hydrogens (tertiary/aromatic N) is 2. The van der Waals surface area contributed by atoms with E-state index in [1.807, 2.05) is 6.07 Å². The summed E-state index contributed by atoms with van der Waals surface area (Å²) in [6, 6.07) is 7.05. The molecule has 2 rings (SSSR count). The second kappa shape index (κ2) is 6.77. The lowest BCUT2D eigenvalue weighted by molar-refractivity contribution is 0.687. The molecule has 106 valence electrons. The molecule has 0 saturated heterocycles. The van der Waals surface area contributed by atoms with Gasteiger partial charge < -0.3 is 10.6 Å². The van der Waals surface area contributed by atoms with Crippen molar-refractivity contribution < 1.29 is 0 Å². The summed E-state index contributed by atoms with van der Waals surface area (Å²) < 4.78 is 0. The van der Waals surface area contributed by atoms with Crippen LogP contribution in [0.2, 0.25) is 10.0 Å². The van der Waals surface area contributed by atoms with Crippen molar-refractivity contribution in [1.29, 1.82) is 0 Å². The lowest BCUT2D eigenvalue weighted by Crippen LogP contribution is -2.10. The van der Waals surface area contributed by atoms with E-state index in [1.54, 1.807) is 24.4 Å². The van der Waals surface area contributed by atoms with Crippen LogP contribution >= 0.6 is 23.2 Å². The minimum atomic E-state index is 0.497. The molecule has 6 heteroatoms. The fourth-order valence-electron chi connectivity index (χ4n) is 1.58. The molecule has 0 unspecified atom stereocenters. The monoisotopic (exact) mass is 310 g/mol. The fraction of sp³-hybridized carbons (Fsp3) is 0.286. The molecule has 4 nitrogen and oxygen atoms in total. The SMILES string of the molecule is CC(C)CNc1ccnc(Nc2cc(Cl)cc(Cl)c2)n1. The van der Waals surface area contributed by atoms with Crippen LogP contribution in [0.15, 0.2) is 30.5 Å². The molecule has 0 spiro atoms. The van der Waals surface area contributed by atoms with Crippen molar-refractivity contribution in [3.05, 3.63) is 40.5 Å². The van der Waals surface area contributed by atoms with Crippen molar-refractivity contribution in [3.63, 3.8) is 0 Å². The molecule has 2 aromatic rings. The van der Waals surface area contributed by atoms with Gasteiger partial charge in [-0.3, -0.25) is 0 Å². The smallest absolute Gasteiger partial charge is 0.229 e. The van der Waals surface area contributed by atoms with E-state index in [0.29, 0.717) is 21.9 Å². The van der Waals surface area contributed by atoms with E-state index in [-0.39, 0.29) is 0 Å². The molecule has 20 heavy (non-hydrogen) atoms. The molecule has 1 aromatic carbocycles. The van der Waals surface area contributed by atoms with Crippen molar-refractivity contribution in [3.8, 4) is 0 Å². The summed E-state index contributed by atoms with van der Waals surface area (Å²) >= 11 is 11.9. The third kappa shape index (κ3) is 4.54. The number of benzene rings is 1. The number of hydrogen-bond donors (Lipinski definition) is 2. The van der Waals surface area contributed by atoms with Crippen molar-refractivity contribution in [2.24, 2.45) is 5.92 Å². The normalized spacial score (nSPS) is 10.7. The van der Waals surface area contributed by atoms with Gasteiger partial charge in [-0.05, 0) is 30.2 Å². The summed E-state index contributed by atoms with van der Waals surface area (Å²) in [4.78, 5) is 8.55. The van der Waals surface area contributed by atoms with Gasteiger partial charge in [0.25, 0.3) is 0 Å². The molecule has 0 saturated carbocycles. The molecule has 0 radical (unpaired) electrons. The first kappa shape index (κ1) is 14.9. The van der Waals surface area contributed by atoms with Crippen LogP contribution in [0.4, 0.5) is 17.5 Å². The molecule has 1 aromatic heterocycles. The van der Waals surface area contributed by atoms with Crippen LogP contribution < -0.4 is 10.6 Å². The number of halogens is 2. The van der Waals surface area contributed by atoms with E-state index in [4.69, 9.17) is 23.2 Å². The summed E-state index contributed by atoms with van der Waals surface area (Å²) in [6.45, 7) is 5.14. The second-order valence-electron chi connectivity index (χ2n) is 4.82. The molecule has 0 atom stereocenters. The number of aromatic nitrogens is 2. The summed E-state index contributed by atoms with van der Waals surface area (Å²) in [5.41, 5.74) is 0.753. The Morgan fingerprint density at radius 1 is 1.15 bits per heavy atom. The van der Waals surface area contributed by atoms with Gasteiger partial charge in [-0.15, -0.1) is 0 Å². The Labute approximate surface area is 128 Å². The summed E-state index contributed by atoms with van der Waals surface area (Å²) in [5.74, 6) is 1.83. The van der Waals surface area contributed by atoms with Crippen LogP contribution in [0.25, 0.3) is 0 Å². The van der Waals surface area contributed by atoms with E-state index < -0.39 is 0 Å². The Kier molecular flexibility index (Phi) is 5.04. The molecule has 0 bridgehead atoms. The maximum absolute atomic E-state index is 5.95. The van der Waals surface area contributed by atoms with Gasteiger partial charge in [-0.25, -0.2) is 4.98 Å². The predicted octanol–water partition coefficient (Wildman–Crippen LogP) is 4.59. The van der Waals surface area contributed by atoms with E-state index in [9.17, 15) is 0 Å². The van der Waals surface area contributed by atoms with Crippen molar-refractivity contribution >= 4 is 40.7 Å². The van der Waals surface area contributed by atoms with E-state index in [2.05, 4.69) is 34.4 Å². The van der Waals surface area contributed by atoms with Gasteiger partial charge in [0.1, 0.15) is 5.82 Å². The zero-order valence-corrected chi connectivity index (χ0v) is 12.8. The van der Waals surface area contributed by atoms with E-state index >= 15 is 0 Å². The first-order valence-electron chi connectivity index (χ1n) is 6.33. The van der Waals surface area contributed by atoms with Crippen LogP contribution in [-0.4, -0.2) is 16.5 Å². The molecule has 0 aliphatic heterocycles. The molecular formula is C14H16Cl2N4.